The Morgan fingerprint density at radius 1 is 1.12 bits per heavy atom. The molecule has 0 aliphatic heterocycles. The van der Waals surface area contributed by atoms with Crippen LogP contribution in [-0.2, 0) is 12.8 Å². The van der Waals surface area contributed by atoms with Crippen LogP contribution in [0.1, 0.15) is 22.8 Å². The van der Waals surface area contributed by atoms with Gasteiger partial charge in [0.1, 0.15) is 5.82 Å². The van der Waals surface area contributed by atoms with Crippen LogP contribution < -0.4 is 10.6 Å². The van der Waals surface area contributed by atoms with Crippen LogP contribution in [0, 0.1) is 13.8 Å². The summed E-state index contributed by atoms with van der Waals surface area (Å²) >= 11 is 0. The lowest BCUT2D eigenvalue weighted by molar-refractivity contribution is 0.170. The number of hydrogen-bond donors (Lipinski definition) is 3. The number of nitrogens with one attached hydrogen (secondary N) is 2. The fourth-order valence-corrected chi connectivity index (χ4v) is 2.43. The monoisotopic (exact) mass is 328 g/mol. The highest BCUT2D eigenvalue weighted by molar-refractivity contribution is 5.73. The molecular formula is C18H24N4O2. The number of benzene rings is 1. The van der Waals surface area contributed by atoms with Crippen molar-refractivity contribution in [2.24, 2.45) is 0 Å². The number of amides is 2. The van der Waals surface area contributed by atoms with Gasteiger partial charge in [-0.2, -0.15) is 0 Å². The zero-order valence-corrected chi connectivity index (χ0v) is 14.1. The lowest BCUT2D eigenvalue weighted by Crippen LogP contribution is -2.41. The molecule has 1 heterocycles. The molecule has 6 nitrogen and oxygen atoms in total. The van der Waals surface area contributed by atoms with Crippen molar-refractivity contribution >= 4 is 6.03 Å². The first-order chi connectivity index (χ1) is 11.5. The van der Waals surface area contributed by atoms with Crippen LogP contribution in [0.2, 0.25) is 0 Å². The van der Waals surface area contributed by atoms with Crippen LogP contribution in [-0.4, -0.2) is 40.3 Å². The highest BCUT2D eigenvalue weighted by Crippen LogP contribution is 2.02. The fourth-order valence-electron chi connectivity index (χ4n) is 2.43. The fraction of sp³-hybridized carbons (Fsp3) is 0.389. The van der Waals surface area contributed by atoms with Gasteiger partial charge in [-0.15, -0.1) is 0 Å². The van der Waals surface area contributed by atoms with Crippen LogP contribution in [0.4, 0.5) is 4.79 Å². The number of aliphatic hydroxyl groups is 1. The number of urea groups is 1. The summed E-state index contributed by atoms with van der Waals surface area (Å²) in [5, 5.41) is 15.4. The molecule has 1 aromatic carbocycles. The molecule has 2 amide bonds. The maximum absolute atomic E-state index is 11.7. The first kappa shape index (κ1) is 17.9. The third-order valence-electron chi connectivity index (χ3n) is 3.48. The highest BCUT2D eigenvalue weighted by Gasteiger charge is 2.08. The number of aromatic nitrogens is 2. The van der Waals surface area contributed by atoms with Crippen molar-refractivity contribution in [1.29, 1.82) is 0 Å². The van der Waals surface area contributed by atoms with Crippen molar-refractivity contribution < 1.29 is 9.90 Å². The van der Waals surface area contributed by atoms with E-state index in [1.807, 2.05) is 50.2 Å². The van der Waals surface area contributed by atoms with E-state index in [2.05, 4.69) is 20.6 Å². The lowest BCUT2D eigenvalue weighted by atomic mass is 10.1. The summed E-state index contributed by atoms with van der Waals surface area (Å²) in [6.45, 7) is 4.50. The number of carbonyl (C=O) groups is 1. The Morgan fingerprint density at radius 2 is 1.79 bits per heavy atom. The van der Waals surface area contributed by atoms with Crippen molar-refractivity contribution in [3.8, 4) is 0 Å². The van der Waals surface area contributed by atoms with Gasteiger partial charge in [-0.1, -0.05) is 30.3 Å². The number of rotatable bonds is 7. The maximum atomic E-state index is 11.7. The second-order valence-corrected chi connectivity index (χ2v) is 5.80. The Hall–Kier alpha value is -2.47. The Balaban J connectivity index is 1.66. The van der Waals surface area contributed by atoms with Gasteiger partial charge in [-0.05, 0) is 25.5 Å². The predicted molar refractivity (Wildman–Crippen MR) is 92.8 cm³/mol. The summed E-state index contributed by atoms with van der Waals surface area (Å²) in [6.07, 6.45) is 0.473. The van der Waals surface area contributed by atoms with Crippen molar-refractivity contribution in [1.82, 2.24) is 20.6 Å². The smallest absolute Gasteiger partial charge is 0.314 e. The zero-order chi connectivity index (χ0) is 17.4. The topological polar surface area (TPSA) is 87.1 Å². The first-order valence-corrected chi connectivity index (χ1v) is 8.08. The summed E-state index contributed by atoms with van der Waals surface area (Å²) in [5.74, 6) is 0.719. The third-order valence-corrected chi connectivity index (χ3v) is 3.48. The molecule has 2 rings (SSSR count). The van der Waals surface area contributed by atoms with Gasteiger partial charge >= 0.3 is 6.03 Å². The summed E-state index contributed by atoms with van der Waals surface area (Å²) in [7, 11) is 0. The van der Waals surface area contributed by atoms with Crippen molar-refractivity contribution in [2.45, 2.75) is 32.8 Å². The van der Waals surface area contributed by atoms with Crippen LogP contribution in [0.25, 0.3) is 0 Å². The zero-order valence-electron chi connectivity index (χ0n) is 14.1. The van der Waals surface area contributed by atoms with Crippen LogP contribution >= 0.6 is 0 Å². The molecule has 24 heavy (non-hydrogen) atoms. The minimum atomic E-state index is -0.610. The maximum Gasteiger partial charge on any atom is 0.314 e. The molecule has 0 bridgehead atoms. The molecule has 0 unspecified atom stereocenters. The number of aryl methyl sites for hydroxylation is 2. The van der Waals surface area contributed by atoms with Gasteiger partial charge in [0.15, 0.2) is 0 Å². The van der Waals surface area contributed by atoms with Gasteiger partial charge in [0.2, 0.25) is 0 Å². The number of carbonyl (C=O) groups excluding carboxylic acids is 1. The Bertz CT molecular complexity index is 641. The van der Waals surface area contributed by atoms with Crippen LogP contribution in [0.3, 0.4) is 0 Å². The highest BCUT2D eigenvalue weighted by atomic mass is 16.3. The standard InChI is InChI=1S/C18H24N4O2/c1-13-10-14(2)22-17(21-13)8-9-19-18(24)20-12-16(23)11-15-6-4-3-5-7-15/h3-7,10,16,23H,8-9,11-12H2,1-2H3,(H2,19,20,24)/t16-/m1/s1. The molecule has 0 aliphatic rings. The van der Waals surface area contributed by atoms with E-state index in [1.165, 1.54) is 0 Å². The lowest BCUT2D eigenvalue weighted by Gasteiger charge is -2.12. The van der Waals surface area contributed by atoms with Crippen molar-refractivity contribution in [3.63, 3.8) is 0 Å². The van der Waals surface area contributed by atoms with E-state index < -0.39 is 6.10 Å². The number of hydrogen-bond acceptors (Lipinski definition) is 4. The molecule has 3 N–H and O–H groups in total. The molecule has 0 radical (unpaired) electrons. The molecule has 1 atom stereocenters. The molecule has 0 aliphatic carbocycles. The largest absolute Gasteiger partial charge is 0.391 e. The van der Waals surface area contributed by atoms with E-state index in [0.717, 1.165) is 22.8 Å². The van der Waals surface area contributed by atoms with Crippen LogP contribution in [0.5, 0.6) is 0 Å². The average Bonchev–Trinajstić information content (AvgIpc) is 2.53. The van der Waals surface area contributed by atoms with Gasteiger partial charge < -0.3 is 15.7 Å². The molecule has 0 saturated heterocycles. The normalized spacial score (nSPS) is 11.8. The van der Waals surface area contributed by atoms with E-state index >= 15 is 0 Å². The molecule has 1 aromatic heterocycles. The number of aliphatic hydroxyl groups excluding tert-OH is 1. The Labute approximate surface area is 142 Å². The van der Waals surface area contributed by atoms with E-state index in [1.54, 1.807) is 0 Å². The molecular weight excluding hydrogens is 304 g/mol. The Kier molecular flexibility index (Phi) is 6.69. The third kappa shape index (κ3) is 6.34. The minimum Gasteiger partial charge on any atom is -0.391 e. The molecule has 6 heteroatoms. The SMILES string of the molecule is Cc1cc(C)nc(CCNC(=O)NC[C@H](O)Cc2ccccc2)n1. The summed E-state index contributed by atoms with van der Waals surface area (Å²) < 4.78 is 0. The second kappa shape index (κ2) is 8.98. The van der Waals surface area contributed by atoms with Crippen molar-refractivity contribution in [3.05, 3.63) is 59.2 Å². The first-order valence-electron chi connectivity index (χ1n) is 8.08. The molecule has 2 aromatic rings. The molecule has 0 fully saturated rings. The van der Waals surface area contributed by atoms with Gasteiger partial charge in [-0.3, -0.25) is 0 Å². The average molecular weight is 328 g/mol. The minimum absolute atomic E-state index is 0.209. The van der Waals surface area contributed by atoms with Crippen molar-refractivity contribution in [2.75, 3.05) is 13.1 Å². The van der Waals surface area contributed by atoms with E-state index in [4.69, 9.17) is 0 Å². The molecule has 0 saturated carbocycles. The molecule has 0 spiro atoms. The summed E-state index contributed by atoms with van der Waals surface area (Å²) in [4.78, 5) is 20.4. The second-order valence-electron chi connectivity index (χ2n) is 5.80. The summed E-state index contributed by atoms with van der Waals surface area (Å²) in [5.41, 5.74) is 2.89. The summed E-state index contributed by atoms with van der Waals surface area (Å²) in [6, 6.07) is 11.3. The molecule has 128 valence electrons. The van der Waals surface area contributed by atoms with Gasteiger partial charge in [0.05, 0.1) is 6.10 Å². The van der Waals surface area contributed by atoms with E-state index in [-0.39, 0.29) is 12.6 Å². The quantitative estimate of drug-likeness (QED) is 0.719. The predicted octanol–water partition coefficient (Wildman–Crippen LogP) is 1.54. The Morgan fingerprint density at radius 3 is 2.46 bits per heavy atom. The van der Waals surface area contributed by atoms with Gasteiger partial charge in [0.25, 0.3) is 0 Å². The van der Waals surface area contributed by atoms with Crippen LogP contribution in [0.15, 0.2) is 36.4 Å². The van der Waals surface area contributed by atoms with Gasteiger partial charge in [-0.25, -0.2) is 14.8 Å². The van der Waals surface area contributed by atoms with E-state index in [9.17, 15) is 9.90 Å². The van der Waals surface area contributed by atoms with Gasteiger partial charge in [0, 0.05) is 37.3 Å². The van der Waals surface area contributed by atoms with E-state index in [0.29, 0.717) is 19.4 Å². The number of nitrogens with zero attached hydrogens (tertiary/aromatic N) is 2.